The number of ether oxygens (including phenoxy) is 1. The summed E-state index contributed by atoms with van der Waals surface area (Å²) in [6.07, 6.45) is 0. The zero-order chi connectivity index (χ0) is 16.7. The number of nitrogens with zero attached hydrogens (tertiary/aromatic N) is 1. The zero-order valence-corrected chi connectivity index (χ0v) is 13.6. The fourth-order valence-electron chi connectivity index (χ4n) is 2.64. The van der Waals surface area contributed by atoms with E-state index in [0.717, 1.165) is 22.2 Å². The van der Waals surface area contributed by atoms with Crippen LogP contribution in [-0.2, 0) is 21.5 Å². The van der Waals surface area contributed by atoms with Gasteiger partial charge in [0.25, 0.3) is 0 Å². The number of hydrogen-bond donors (Lipinski definition) is 1. The van der Waals surface area contributed by atoms with Crippen molar-refractivity contribution < 1.29 is 19.4 Å². The second-order valence-electron chi connectivity index (χ2n) is 6.46. The lowest BCUT2D eigenvalue weighted by Gasteiger charge is -2.22. The molecule has 0 unspecified atom stereocenters. The monoisotopic (exact) mass is 303 g/mol. The number of rotatable bonds is 3. The number of methoxy groups -OCH3 is 1. The summed E-state index contributed by atoms with van der Waals surface area (Å²) in [6, 6.07) is 5.24. The number of carboxylic acid groups (broad SMARTS) is 1. The van der Waals surface area contributed by atoms with Gasteiger partial charge in [-0.1, -0.05) is 20.8 Å². The summed E-state index contributed by atoms with van der Waals surface area (Å²) in [5.41, 5.74) is 2.70. The summed E-state index contributed by atoms with van der Waals surface area (Å²) in [6.45, 7) is 8.09. The number of carbonyl (C=O) groups excluding carboxylic acids is 1. The van der Waals surface area contributed by atoms with Crippen LogP contribution in [0.5, 0.6) is 0 Å². The van der Waals surface area contributed by atoms with E-state index < -0.39 is 5.97 Å². The van der Waals surface area contributed by atoms with Crippen molar-refractivity contribution in [3.05, 3.63) is 35.0 Å². The molecule has 0 spiro atoms. The largest absolute Gasteiger partial charge is 0.478 e. The van der Waals surface area contributed by atoms with Crippen LogP contribution in [0.25, 0.3) is 10.9 Å². The lowest BCUT2D eigenvalue weighted by Crippen LogP contribution is -2.18. The van der Waals surface area contributed by atoms with Crippen LogP contribution >= 0.6 is 0 Å². The number of aryl methyl sites for hydroxylation is 1. The number of aromatic carboxylic acids is 1. The zero-order valence-electron chi connectivity index (χ0n) is 13.6. The smallest absolute Gasteiger partial charge is 0.335 e. The Hall–Kier alpha value is -2.30. The Morgan fingerprint density at radius 2 is 1.86 bits per heavy atom. The van der Waals surface area contributed by atoms with Crippen molar-refractivity contribution in [2.45, 2.75) is 39.7 Å². The third-order valence-corrected chi connectivity index (χ3v) is 3.77. The number of fused-ring (bicyclic) bond motifs is 1. The predicted octanol–water partition coefficient (Wildman–Crippen LogP) is 3.12. The molecule has 1 aromatic heterocycles. The Kier molecular flexibility index (Phi) is 4.00. The standard InChI is InChI=1S/C17H21NO4/c1-10-6-11-7-12(16(20)21)8-13(17(2,3)4)15(11)18(10)9-14(19)22-5/h6-8H,9H2,1-5H3,(H,20,21). The maximum Gasteiger partial charge on any atom is 0.335 e. The van der Waals surface area contributed by atoms with E-state index in [1.54, 1.807) is 12.1 Å². The molecule has 1 N–H and O–H groups in total. The topological polar surface area (TPSA) is 68.5 Å². The van der Waals surface area contributed by atoms with E-state index in [2.05, 4.69) is 0 Å². The molecule has 0 aliphatic rings. The molecule has 2 aromatic rings. The van der Waals surface area contributed by atoms with Crippen molar-refractivity contribution in [3.63, 3.8) is 0 Å². The molecule has 0 atom stereocenters. The average molecular weight is 303 g/mol. The Balaban J connectivity index is 2.80. The molecule has 0 saturated heterocycles. The van der Waals surface area contributed by atoms with E-state index in [-0.39, 0.29) is 23.5 Å². The van der Waals surface area contributed by atoms with Crippen LogP contribution in [0.2, 0.25) is 0 Å². The molecular weight excluding hydrogens is 282 g/mol. The van der Waals surface area contributed by atoms with Gasteiger partial charge in [-0.3, -0.25) is 4.79 Å². The van der Waals surface area contributed by atoms with Crippen LogP contribution in [0.1, 0.15) is 42.4 Å². The SMILES string of the molecule is COC(=O)Cn1c(C)cc2cc(C(=O)O)cc(C(C)(C)C)c21. The molecule has 0 saturated carbocycles. The summed E-state index contributed by atoms with van der Waals surface area (Å²) in [5.74, 6) is -1.28. The minimum absolute atomic E-state index is 0.112. The highest BCUT2D eigenvalue weighted by Crippen LogP contribution is 2.33. The van der Waals surface area contributed by atoms with Gasteiger partial charge in [-0.15, -0.1) is 0 Å². The molecule has 0 amide bonds. The molecule has 118 valence electrons. The second-order valence-corrected chi connectivity index (χ2v) is 6.46. The third kappa shape index (κ3) is 2.84. The number of carboxylic acids is 1. The summed E-state index contributed by atoms with van der Waals surface area (Å²) >= 11 is 0. The van der Waals surface area contributed by atoms with E-state index in [0.29, 0.717) is 0 Å². The molecule has 0 fully saturated rings. The number of benzene rings is 1. The minimum Gasteiger partial charge on any atom is -0.478 e. The first-order valence-electron chi connectivity index (χ1n) is 7.09. The first-order chi connectivity index (χ1) is 10.1. The van der Waals surface area contributed by atoms with Crippen LogP contribution < -0.4 is 0 Å². The molecule has 0 radical (unpaired) electrons. The summed E-state index contributed by atoms with van der Waals surface area (Å²) < 4.78 is 6.64. The van der Waals surface area contributed by atoms with Crippen molar-refractivity contribution in [2.24, 2.45) is 0 Å². The third-order valence-electron chi connectivity index (χ3n) is 3.77. The second kappa shape index (κ2) is 5.48. The van der Waals surface area contributed by atoms with E-state index in [9.17, 15) is 14.7 Å². The van der Waals surface area contributed by atoms with Crippen molar-refractivity contribution in [3.8, 4) is 0 Å². The molecule has 0 bridgehead atoms. The Labute approximate surface area is 129 Å². The van der Waals surface area contributed by atoms with E-state index in [1.807, 2.05) is 38.3 Å². The van der Waals surface area contributed by atoms with E-state index in [1.165, 1.54) is 7.11 Å². The van der Waals surface area contributed by atoms with Crippen LogP contribution in [0.15, 0.2) is 18.2 Å². The van der Waals surface area contributed by atoms with Crippen molar-refractivity contribution in [2.75, 3.05) is 7.11 Å². The normalized spacial score (nSPS) is 11.7. The summed E-state index contributed by atoms with van der Waals surface area (Å²) in [5, 5.41) is 10.1. The van der Waals surface area contributed by atoms with Gasteiger partial charge in [-0.25, -0.2) is 4.79 Å². The van der Waals surface area contributed by atoms with Crippen LogP contribution in [-0.4, -0.2) is 28.7 Å². The van der Waals surface area contributed by atoms with Gasteiger partial charge in [-0.05, 0) is 36.1 Å². The molecule has 5 heteroatoms. The lowest BCUT2D eigenvalue weighted by atomic mass is 9.84. The molecule has 2 rings (SSSR count). The van der Waals surface area contributed by atoms with Gasteiger partial charge in [0.2, 0.25) is 0 Å². The Morgan fingerprint density at radius 3 is 2.36 bits per heavy atom. The number of aromatic nitrogens is 1. The van der Waals surface area contributed by atoms with Gasteiger partial charge >= 0.3 is 11.9 Å². The molecule has 1 aromatic carbocycles. The molecule has 5 nitrogen and oxygen atoms in total. The molecule has 22 heavy (non-hydrogen) atoms. The number of carbonyl (C=O) groups is 2. The van der Waals surface area contributed by atoms with Crippen molar-refractivity contribution in [1.29, 1.82) is 0 Å². The van der Waals surface area contributed by atoms with Gasteiger partial charge < -0.3 is 14.4 Å². The predicted molar refractivity (Wildman–Crippen MR) is 84.4 cm³/mol. The molecule has 0 aliphatic heterocycles. The molecule has 1 heterocycles. The van der Waals surface area contributed by atoms with Gasteiger partial charge in [0, 0.05) is 11.1 Å². The van der Waals surface area contributed by atoms with Crippen molar-refractivity contribution in [1.82, 2.24) is 4.57 Å². The van der Waals surface area contributed by atoms with Gasteiger partial charge in [0.05, 0.1) is 18.2 Å². The van der Waals surface area contributed by atoms with E-state index >= 15 is 0 Å². The first kappa shape index (κ1) is 16.1. The number of hydrogen-bond acceptors (Lipinski definition) is 3. The van der Waals surface area contributed by atoms with Crippen LogP contribution in [0.4, 0.5) is 0 Å². The molecule has 0 aliphatic carbocycles. The highest BCUT2D eigenvalue weighted by Gasteiger charge is 2.23. The molecular formula is C17H21NO4. The lowest BCUT2D eigenvalue weighted by molar-refractivity contribution is -0.141. The minimum atomic E-state index is -0.953. The Morgan fingerprint density at radius 1 is 1.23 bits per heavy atom. The highest BCUT2D eigenvalue weighted by molar-refractivity contribution is 5.96. The van der Waals surface area contributed by atoms with Gasteiger partial charge in [0.15, 0.2) is 0 Å². The van der Waals surface area contributed by atoms with E-state index in [4.69, 9.17) is 4.74 Å². The van der Waals surface area contributed by atoms with Crippen molar-refractivity contribution >= 4 is 22.8 Å². The maximum absolute atomic E-state index is 11.7. The quantitative estimate of drug-likeness (QED) is 0.885. The van der Waals surface area contributed by atoms with Crippen LogP contribution in [0, 0.1) is 6.92 Å². The van der Waals surface area contributed by atoms with Gasteiger partial charge in [-0.2, -0.15) is 0 Å². The highest BCUT2D eigenvalue weighted by atomic mass is 16.5. The number of esters is 1. The first-order valence-corrected chi connectivity index (χ1v) is 7.09. The fraction of sp³-hybridized carbons (Fsp3) is 0.412. The fourth-order valence-corrected chi connectivity index (χ4v) is 2.64. The maximum atomic E-state index is 11.7. The summed E-state index contributed by atoms with van der Waals surface area (Å²) in [7, 11) is 1.36. The van der Waals surface area contributed by atoms with Crippen LogP contribution in [0.3, 0.4) is 0 Å². The Bertz CT molecular complexity index is 750. The summed E-state index contributed by atoms with van der Waals surface area (Å²) in [4.78, 5) is 23.0. The average Bonchev–Trinajstić information content (AvgIpc) is 2.72. The van der Waals surface area contributed by atoms with Gasteiger partial charge in [0.1, 0.15) is 6.54 Å².